The zero-order valence-electron chi connectivity index (χ0n) is 21.6. The van der Waals surface area contributed by atoms with Crippen LogP contribution < -0.4 is 29.1 Å². The van der Waals surface area contributed by atoms with Crippen molar-refractivity contribution in [3.8, 4) is 17.2 Å². The maximum atomic E-state index is 13.7. The molecule has 0 saturated heterocycles. The molecule has 0 bridgehead atoms. The number of nitrogens with zero attached hydrogens (tertiary/aromatic N) is 2. The van der Waals surface area contributed by atoms with Crippen LogP contribution in [0.25, 0.3) is 6.08 Å². The van der Waals surface area contributed by atoms with Gasteiger partial charge in [-0.2, -0.15) is 0 Å². The minimum absolute atomic E-state index is 0.249. The highest BCUT2D eigenvalue weighted by atomic mass is 32.1. The highest BCUT2D eigenvalue weighted by Gasteiger charge is 2.33. The fourth-order valence-corrected chi connectivity index (χ4v) is 5.21. The summed E-state index contributed by atoms with van der Waals surface area (Å²) in [6.45, 7) is 4.47. The van der Waals surface area contributed by atoms with Gasteiger partial charge in [-0.3, -0.25) is 9.36 Å². The first-order valence-corrected chi connectivity index (χ1v) is 12.8. The summed E-state index contributed by atoms with van der Waals surface area (Å²) in [5.41, 5.74) is 2.12. The van der Waals surface area contributed by atoms with Crippen molar-refractivity contribution in [2.45, 2.75) is 32.7 Å². The molecule has 37 heavy (non-hydrogen) atoms. The third-order valence-electron chi connectivity index (χ3n) is 6.10. The average molecular weight is 523 g/mol. The zero-order chi connectivity index (χ0) is 26.5. The molecule has 3 aromatic rings. The second-order valence-electron chi connectivity index (χ2n) is 8.46. The number of unbranched alkanes of at least 4 members (excludes halogenated alkanes) is 1. The normalized spacial score (nSPS) is 15.2. The van der Waals surface area contributed by atoms with Gasteiger partial charge in [0.2, 0.25) is 0 Å². The topological polar surface area (TPSA) is 88.4 Å². The number of carbonyl (C=O) groups excluding carboxylic acids is 1. The molecule has 1 aliphatic rings. The third-order valence-corrected chi connectivity index (χ3v) is 7.08. The monoisotopic (exact) mass is 522 g/mol. The maximum Gasteiger partial charge on any atom is 0.338 e. The number of benzene rings is 2. The molecule has 0 N–H and O–H groups in total. The van der Waals surface area contributed by atoms with Gasteiger partial charge in [0.25, 0.3) is 5.56 Å². The first-order chi connectivity index (χ1) is 17.9. The van der Waals surface area contributed by atoms with E-state index in [2.05, 4.69) is 11.9 Å². The number of fused-ring (bicyclic) bond motifs is 1. The van der Waals surface area contributed by atoms with E-state index in [9.17, 15) is 9.59 Å². The molecule has 4 rings (SSSR count). The number of aromatic nitrogens is 1. The van der Waals surface area contributed by atoms with E-state index < -0.39 is 12.0 Å². The van der Waals surface area contributed by atoms with Crippen molar-refractivity contribution in [1.82, 2.24) is 4.57 Å². The Morgan fingerprint density at radius 1 is 1.08 bits per heavy atom. The second kappa shape index (κ2) is 11.5. The number of hydrogen-bond donors (Lipinski definition) is 0. The number of thiazole rings is 1. The summed E-state index contributed by atoms with van der Waals surface area (Å²) in [7, 11) is 4.49. The lowest BCUT2D eigenvalue weighted by Crippen LogP contribution is -2.39. The van der Waals surface area contributed by atoms with Crippen LogP contribution in [-0.4, -0.2) is 38.5 Å². The highest BCUT2D eigenvalue weighted by molar-refractivity contribution is 7.07. The molecule has 0 radical (unpaired) electrons. The van der Waals surface area contributed by atoms with Crippen molar-refractivity contribution in [3.63, 3.8) is 0 Å². The lowest BCUT2D eigenvalue weighted by atomic mass is 9.96. The first-order valence-electron chi connectivity index (χ1n) is 12.0. The number of rotatable bonds is 9. The van der Waals surface area contributed by atoms with Crippen LogP contribution in [0.3, 0.4) is 0 Å². The average Bonchev–Trinajstić information content (AvgIpc) is 3.22. The van der Waals surface area contributed by atoms with Crippen molar-refractivity contribution in [2.24, 2.45) is 4.99 Å². The van der Waals surface area contributed by atoms with E-state index in [0.717, 1.165) is 24.0 Å². The Labute approximate surface area is 219 Å². The number of hydrogen-bond acceptors (Lipinski definition) is 8. The fourth-order valence-electron chi connectivity index (χ4n) is 4.17. The Morgan fingerprint density at radius 3 is 2.49 bits per heavy atom. The molecule has 0 amide bonds. The molecule has 1 atom stereocenters. The van der Waals surface area contributed by atoms with Crippen LogP contribution in [0, 0.1) is 0 Å². The van der Waals surface area contributed by atoms with E-state index in [1.54, 1.807) is 43.9 Å². The van der Waals surface area contributed by atoms with Crippen LogP contribution >= 0.6 is 11.3 Å². The van der Waals surface area contributed by atoms with Gasteiger partial charge in [-0.15, -0.1) is 0 Å². The molecule has 2 aromatic carbocycles. The Balaban J connectivity index is 1.83. The van der Waals surface area contributed by atoms with E-state index in [-0.39, 0.29) is 5.56 Å². The molecular formula is C28H30N2O6S. The summed E-state index contributed by atoms with van der Waals surface area (Å²) in [6, 6.07) is 12.2. The molecule has 9 heteroatoms. The molecule has 0 aliphatic carbocycles. The Kier molecular flexibility index (Phi) is 8.13. The molecule has 2 heterocycles. The molecule has 8 nitrogen and oxygen atoms in total. The molecule has 1 aliphatic heterocycles. The second-order valence-corrected chi connectivity index (χ2v) is 9.47. The van der Waals surface area contributed by atoms with Gasteiger partial charge in [0.1, 0.15) is 5.75 Å². The third kappa shape index (κ3) is 5.32. The number of allylic oxidation sites excluding steroid dienone is 1. The number of ether oxygens (including phenoxy) is 4. The summed E-state index contributed by atoms with van der Waals surface area (Å²) in [5, 5.41) is 0. The first kappa shape index (κ1) is 26.2. The van der Waals surface area contributed by atoms with Crippen molar-refractivity contribution >= 4 is 23.4 Å². The number of methoxy groups -OCH3 is 3. The molecular weight excluding hydrogens is 492 g/mol. The van der Waals surface area contributed by atoms with Gasteiger partial charge in [0.05, 0.1) is 49.8 Å². The molecule has 0 unspecified atom stereocenters. The predicted molar refractivity (Wildman–Crippen MR) is 142 cm³/mol. The van der Waals surface area contributed by atoms with Crippen molar-refractivity contribution in [3.05, 3.63) is 84.5 Å². The maximum absolute atomic E-state index is 13.7. The van der Waals surface area contributed by atoms with E-state index in [1.807, 2.05) is 30.3 Å². The SMILES string of the molecule is CCCCOc1ccc(/C=c2/sc3n(c2=O)[C@@H](c2ccc(OC)cc2)C(C(=O)OC)=C(C)N=3)cc1OC. The van der Waals surface area contributed by atoms with Crippen molar-refractivity contribution < 1.29 is 23.7 Å². The smallest absolute Gasteiger partial charge is 0.338 e. The molecule has 1 aromatic heterocycles. The molecule has 0 saturated carbocycles. The number of esters is 1. The van der Waals surface area contributed by atoms with Gasteiger partial charge >= 0.3 is 5.97 Å². The summed E-state index contributed by atoms with van der Waals surface area (Å²) >= 11 is 1.27. The van der Waals surface area contributed by atoms with Gasteiger partial charge in [0.15, 0.2) is 16.3 Å². The van der Waals surface area contributed by atoms with Crippen LogP contribution in [0.4, 0.5) is 0 Å². The van der Waals surface area contributed by atoms with Crippen molar-refractivity contribution in [2.75, 3.05) is 27.9 Å². The summed E-state index contributed by atoms with van der Waals surface area (Å²) in [6.07, 6.45) is 3.79. The standard InChI is InChI=1S/C28H30N2O6S/c1-6-7-14-36-21-13-8-18(15-22(21)34-4)16-23-26(31)30-25(19-9-11-20(33-3)12-10-19)24(27(32)35-5)17(2)29-28(30)37-23/h8-13,15-16,25H,6-7,14H2,1-5H3/b23-16+/t25-/m0/s1. The van der Waals surface area contributed by atoms with E-state index in [0.29, 0.717) is 44.5 Å². The van der Waals surface area contributed by atoms with E-state index in [4.69, 9.17) is 18.9 Å². The van der Waals surface area contributed by atoms with Gasteiger partial charge in [-0.25, -0.2) is 9.79 Å². The highest BCUT2D eigenvalue weighted by Crippen LogP contribution is 2.32. The lowest BCUT2D eigenvalue weighted by molar-refractivity contribution is -0.136. The Bertz CT molecular complexity index is 1500. The molecule has 0 spiro atoms. The zero-order valence-corrected chi connectivity index (χ0v) is 22.4. The van der Waals surface area contributed by atoms with Gasteiger partial charge < -0.3 is 18.9 Å². The van der Waals surface area contributed by atoms with Gasteiger partial charge in [-0.1, -0.05) is 42.9 Å². The fraction of sp³-hybridized carbons (Fsp3) is 0.321. The van der Waals surface area contributed by atoms with Crippen LogP contribution in [0.15, 0.2) is 63.5 Å². The predicted octanol–water partition coefficient (Wildman–Crippen LogP) is 3.60. The largest absolute Gasteiger partial charge is 0.497 e. The quantitative estimate of drug-likeness (QED) is 0.315. The van der Waals surface area contributed by atoms with Crippen LogP contribution in [-0.2, 0) is 9.53 Å². The minimum Gasteiger partial charge on any atom is -0.497 e. The van der Waals surface area contributed by atoms with Gasteiger partial charge in [-0.05, 0) is 54.8 Å². The Morgan fingerprint density at radius 2 is 1.84 bits per heavy atom. The van der Waals surface area contributed by atoms with Gasteiger partial charge in [0, 0.05) is 0 Å². The van der Waals surface area contributed by atoms with E-state index >= 15 is 0 Å². The summed E-state index contributed by atoms with van der Waals surface area (Å²) in [4.78, 5) is 31.6. The summed E-state index contributed by atoms with van der Waals surface area (Å²) < 4.78 is 23.7. The van der Waals surface area contributed by atoms with Crippen molar-refractivity contribution in [1.29, 1.82) is 0 Å². The van der Waals surface area contributed by atoms with Crippen LogP contribution in [0.2, 0.25) is 0 Å². The van der Waals surface area contributed by atoms with Crippen LogP contribution in [0.1, 0.15) is 43.9 Å². The summed E-state index contributed by atoms with van der Waals surface area (Å²) in [5.74, 6) is 1.40. The number of carbonyl (C=O) groups is 1. The Hall–Kier alpha value is -3.85. The van der Waals surface area contributed by atoms with Crippen LogP contribution in [0.5, 0.6) is 17.2 Å². The van der Waals surface area contributed by atoms with E-state index in [1.165, 1.54) is 18.4 Å². The lowest BCUT2D eigenvalue weighted by Gasteiger charge is -2.24. The molecule has 194 valence electrons. The minimum atomic E-state index is -0.680. The molecule has 0 fully saturated rings.